The third-order valence-electron chi connectivity index (χ3n) is 1.97. The molecule has 78 valence electrons. The average Bonchev–Trinajstić information content (AvgIpc) is 2.18. The van der Waals surface area contributed by atoms with Crippen LogP contribution in [0.15, 0.2) is 29.2 Å². The van der Waals surface area contributed by atoms with Crippen LogP contribution in [0.25, 0.3) is 0 Å². The second-order valence-electron chi connectivity index (χ2n) is 3.12. The van der Waals surface area contributed by atoms with Crippen molar-refractivity contribution in [2.24, 2.45) is 0 Å². The van der Waals surface area contributed by atoms with E-state index in [1.165, 1.54) is 4.90 Å². The van der Waals surface area contributed by atoms with E-state index < -0.39 is 6.10 Å². The zero-order valence-electron chi connectivity index (χ0n) is 8.40. The summed E-state index contributed by atoms with van der Waals surface area (Å²) in [5.41, 5.74) is 0.882. The molecular formula is C11H15ClOS. The molecule has 1 nitrogen and oxygen atoms in total. The van der Waals surface area contributed by atoms with Gasteiger partial charge < -0.3 is 5.11 Å². The molecule has 0 spiro atoms. The first-order valence-corrected chi connectivity index (χ1v) is 6.12. The average molecular weight is 231 g/mol. The summed E-state index contributed by atoms with van der Waals surface area (Å²) < 4.78 is 0. The predicted octanol–water partition coefficient (Wildman–Crippen LogP) is 3.46. The van der Waals surface area contributed by atoms with Gasteiger partial charge in [-0.2, -0.15) is 0 Å². The third-order valence-corrected chi connectivity index (χ3v) is 3.10. The molecule has 0 aliphatic carbocycles. The predicted molar refractivity (Wildman–Crippen MR) is 63.1 cm³/mol. The molecule has 3 heteroatoms. The van der Waals surface area contributed by atoms with Crippen LogP contribution in [0.4, 0.5) is 0 Å². The Morgan fingerprint density at radius 1 is 1.36 bits per heavy atom. The Morgan fingerprint density at radius 2 is 1.93 bits per heavy atom. The van der Waals surface area contributed by atoms with E-state index >= 15 is 0 Å². The van der Waals surface area contributed by atoms with E-state index in [0.29, 0.717) is 0 Å². The van der Waals surface area contributed by atoms with Gasteiger partial charge in [-0.05, 0) is 30.4 Å². The molecule has 0 saturated carbocycles. The van der Waals surface area contributed by atoms with E-state index in [2.05, 4.69) is 6.92 Å². The minimum Gasteiger partial charge on any atom is -0.387 e. The SMILES string of the molecule is CCSc1ccc(C(O)C(C)Cl)cc1. The normalized spacial score (nSPS) is 15.1. The van der Waals surface area contributed by atoms with Crippen molar-refractivity contribution >= 4 is 23.4 Å². The fraction of sp³-hybridized carbons (Fsp3) is 0.455. The molecule has 1 aromatic rings. The highest BCUT2D eigenvalue weighted by Crippen LogP contribution is 2.24. The number of alkyl halides is 1. The molecule has 0 fully saturated rings. The minimum atomic E-state index is -0.572. The highest BCUT2D eigenvalue weighted by molar-refractivity contribution is 7.99. The Hall–Kier alpha value is -0.180. The monoisotopic (exact) mass is 230 g/mol. The molecule has 0 aliphatic rings. The van der Waals surface area contributed by atoms with Crippen molar-refractivity contribution in [1.82, 2.24) is 0 Å². The number of halogens is 1. The van der Waals surface area contributed by atoms with Crippen molar-refractivity contribution in [3.8, 4) is 0 Å². The zero-order chi connectivity index (χ0) is 10.6. The second-order valence-corrected chi connectivity index (χ2v) is 5.15. The van der Waals surface area contributed by atoms with Gasteiger partial charge in [0.05, 0.1) is 11.5 Å². The fourth-order valence-corrected chi connectivity index (χ4v) is 2.00. The molecule has 2 unspecified atom stereocenters. The summed E-state index contributed by atoms with van der Waals surface area (Å²) in [5, 5.41) is 9.43. The zero-order valence-corrected chi connectivity index (χ0v) is 9.98. The smallest absolute Gasteiger partial charge is 0.0950 e. The maximum atomic E-state index is 9.68. The molecule has 0 aliphatic heterocycles. The molecule has 2 atom stereocenters. The van der Waals surface area contributed by atoms with Crippen LogP contribution in [0.3, 0.4) is 0 Å². The molecular weight excluding hydrogens is 216 g/mol. The van der Waals surface area contributed by atoms with Gasteiger partial charge in [0.1, 0.15) is 0 Å². The number of benzene rings is 1. The molecule has 1 N–H and O–H groups in total. The first-order chi connectivity index (χ1) is 6.65. The van der Waals surface area contributed by atoms with Crippen molar-refractivity contribution < 1.29 is 5.11 Å². The maximum Gasteiger partial charge on any atom is 0.0950 e. The van der Waals surface area contributed by atoms with Crippen LogP contribution >= 0.6 is 23.4 Å². The fourth-order valence-electron chi connectivity index (χ4n) is 1.19. The van der Waals surface area contributed by atoms with Gasteiger partial charge in [0, 0.05) is 4.90 Å². The molecule has 14 heavy (non-hydrogen) atoms. The number of rotatable bonds is 4. The Bertz CT molecular complexity index is 271. The number of thioether (sulfide) groups is 1. The lowest BCUT2D eigenvalue weighted by atomic mass is 10.1. The van der Waals surface area contributed by atoms with E-state index in [-0.39, 0.29) is 5.38 Å². The van der Waals surface area contributed by atoms with Crippen LogP contribution in [0.5, 0.6) is 0 Å². The van der Waals surface area contributed by atoms with Crippen LogP contribution in [0.2, 0.25) is 0 Å². The summed E-state index contributed by atoms with van der Waals surface area (Å²) in [7, 11) is 0. The summed E-state index contributed by atoms with van der Waals surface area (Å²) in [6, 6.07) is 7.90. The standard InChI is InChI=1S/C11H15ClOS/c1-3-14-10-6-4-9(5-7-10)11(13)8(2)12/h4-8,11,13H,3H2,1-2H3. The summed E-state index contributed by atoms with van der Waals surface area (Å²) in [6.45, 7) is 3.91. The van der Waals surface area contributed by atoms with Gasteiger partial charge >= 0.3 is 0 Å². The summed E-state index contributed by atoms with van der Waals surface area (Å²) in [5.74, 6) is 1.06. The van der Waals surface area contributed by atoms with E-state index in [0.717, 1.165) is 11.3 Å². The van der Waals surface area contributed by atoms with Crippen LogP contribution in [-0.2, 0) is 0 Å². The molecule has 0 bridgehead atoms. The van der Waals surface area contributed by atoms with E-state index in [9.17, 15) is 5.11 Å². The van der Waals surface area contributed by atoms with Crippen molar-refractivity contribution in [1.29, 1.82) is 0 Å². The third kappa shape index (κ3) is 3.19. The quantitative estimate of drug-likeness (QED) is 0.632. The Labute approximate surface area is 94.5 Å². The highest BCUT2D eigenvalue weighted by atomic mass is 35.5. The summed E-state index contributed by atoms with van der Waals surface area (Å²) in [4.78, 5) is 1.23. The van der Waals surface area contributed by atoms with Crippen LogP contribution in [0.1, 0.15) is 25.5 Å². The first-order valence-electron chi connectivity index (χ1n) is 4.70. The lowest BCUT2D eigenvalue weighted by molar-refractivity contribution is 0.177. The van der Waals surface area contributed by atoms with E-state index in [1.807, 2.05) is 24.3 Å². The van der Waals surface area contributed by atoms with Crippen LogP contribution in [-0.4, -0.2) is 16.2 Å². The van der Waals surface area contributed by atoms with Crippen molar-refractivity contribution in [3.63, 3.8) is 0 Å². The summed E-state index contributed by atoms with van der Waals surface area (Å²) >= 11 is 7.60. The Balaban J connectivity index is 2.72. The minimum absolute atomic E-state index is 0.250. The Kier molecular flexibility index (Phi) is 4.79. The van der Waals surface area contributed by atoms with Gasteiger partial charge in [-0.15, -0.1) is 23.4 Å². The molecule has 0 saturated heterocycles. The lowest BCUT2D eigenvalue weighted by Gasteiger charge is -2.13. The van der Waals surface area contributed by atoms with E-state index in [1.54, 1.807) is 18.7 Å². The topological polar surface area (TPSA) is 20.2 Å². The number of hydrogen-bond donors (Lipinski definition) is 1. The van der Waals surface area contributed by atoms with Crippen molar-refractivity contribution in [2.75, 3.05) is 5.75 Å². The molecule has 1 rings (SSSR count). The Morgan fingerprint density at radius 3 is 2.36 bits per heavy atom. The molecule has 0 aromatic heterocycles. The lowest BCUT2D eigenvalue weighted by Crippen LogP contribution is -2.07. The van der Waals surface area contributed by atoms with Gasteiger partial charge in [0.25, 0.3) is 0 Å². The van der Waals surface area contributed by atoms with Gasteiger partial charge in [-0.1, -0.05) is 19.1 Å². The maximum absolute atomic E-state index is 9.68. The number of hydrogen-bond acceptors (Lipinski definition) is 2. The first kappa shape index (κ1) is 11.9. The van der Waals surface area contributed by atoms with Gasteiger partial charge in [0.2, 0.25) is 0 Å². The van der Waals surface area contributed by atoms with Crippen LogP contribution < -0.4 is 0 Å². The van der Waals surface area contributed by atoms with Crippen molar-refractivity contribution in [2.45, 2.75) is 30.2 Å². The number of aliphatic hydroxyl groups is 1. The second kappa shape index (κ2) is 5.64. The molecule has 0 radical (unpaired) electrons. The van der Waals surface area contributed by atoms with E-state index in [4.69, 9.17) is 11.6 Å². The largest absolute Gasteiger partial charge is 0.387 e. The van der Waals surface area contributed by atoms with Gasteiger partial charge in [-0.3, -0.25) is 0 Å². The summed E-state index contributed by atoms with van der Waals surface area (Å²) in [6.07, 6.45) is -0.572. The molecule has 1 aromatic carbocycles. The van der Waals surface area contributed by atoms with Gasteiger partial charge in [-0.25, -0.2) is 0 Å². The van der Waals surface area contributed by atoms with Crippen molar-refractivity contribution in [3.05, 3.63) is 29.8 Å². The van der Waals surface area contributed by atoms with Crippen LogP contribution in [0, 0.1) is 0 Å². The molecule has 0 heterocycles. The highest BCUT2D eigenvalue weighted by Gasteiger charge is 2.12. The van der Waals surface area contributed by atoms with Gasteiger partial charge in [0.15, 0.2) is 0 Å². The molecule has 0 amide bonds. The number of aliphatic hydroxyl groups excluding tert-OH is 1.